The molecular weight excluding hydrogens is 609 g/mol. The predicted octanol–water partition coefficient (Wildman–Crippen LogP) is 15.0. The van der Waals surface area contributed by atoms with Gasteiger partial charge in [-0.1, -0.05) is 184 Å². The van der Waals surface area contributed by atoms with E-state index in [0.717, 1.165) is 24.7 Å². The maximum atomic E-state index is 6.90. The minimum Gasteiger partial charge on any atom is -0.493 e. The summed E-state index contributed by atoms with van der Waals surface area (Å²) in [7, 11) is 0. The van der Waals surface area contributed by atoms with E-state index in [4.69, 9.17) is 9.47 Å². The van der Waals surface area contributed by atoms with E-state index in [-0.39, 0.29) is 0 Å². The largest absolute Gasteiger partial charge is 0.493 e. The molecule has 0 aliphatic rings. The molecule has 0 saturated carbocycles. The molecule has 4 aromatic rings. The molecule has 2 heteroatoms. The molecule has 0 spiro atoms. The third-order valence-electron chi connectivity index (χ3n) is 10.3. The summed E-state index contributed by atoms with van der Waals surface area (Å²) in [5.74, 6) is 3.14. The molecule has 0 aromatic heterocycles. The van der Waals surface area contributed by atoms with Gasteiger partial charge in [-0.2, -0.15) is 0 Å². The van der Waals surface area contributed by atoms with Crippen LogP contribution < -0.4 is 9.47 Å². The van der Waals surface area contributed by atoms with Crippen LogP contribution in [0.2, 0.25) is 0 Å². The molecule has 2 nitrogen and oxygen atoms in total. The van der Waals surface area contributed by atoms with Crippen molar-refractivity contribution in [3.8, 4) is 44.9 Å². The minimum absolute atomic E-state index is 0.580. The molecule has 0 N–H and O–H groups in total. The van der Waals surface area contributed by atoms with Gasteiger partial charge in [0, 0.05) is 11.1 Å². The molecular formula is C48H66O2. The lowest BCUT2D eigenvalue weighted by Gasteiger charge is -2.23. The fourth-order valence-corrected chi connectivity index (χ4v) is 7.22. The van der Waals surface area contributed by atoms with Crippen LogP contribution in [0.15, 0.2) is 97.1 Å². The topological polar surface area (TPSA) is 18.5 Å². The van der Waals surface area contributed by atoms with Crippen LogP contribution in [0.5, 0.6) is 11.5 Å². The Balaban J connectivity index is 1.67. The van der Waals surface area contributed by atoms with Crippen LogP contribution in [0.25, 0.3) is 33.4 Å². The lowest BCUT2D eigenvalue weighted by atomic mass is 9.87. The van der Waals surface area contributed by atoms with Gasteiger partial charge in [-0.3, -0.25) is 0 Å². The Morgan fingerprint density at radius 3 is 1.42 bits per heavy atom. The molecule has 0 heterocycles. The average Bonchev–Trinajstić information content (AvgIpc) is 3.17. The van der Waals surface area contributed by atoms with Gasteiger partial charge < -0.3 is 9.47 Å². The highest BCUT2D eigenvalue weighted by atomic mass is 16.5. The first-order valence-corrected chi connectivity index (χ1v) is 20.3. The van der Waals surface area contributed by atoms with Crippen LogP contribution >= 0.6 is 0 Å². The van der Waals surface area contributed by atoms with Crippen LogP contribution in [0.3, 0.4) is 0 Å². The van der Waals surface area contributed by atoms with Gasteiger partial charge in [-0.25, -0.2) is 0 Å². The highest BCUT2D eigenvalue weighted by Crippen LogP contribution is 2.46. The number of ether oxygens (including phenoxy) is 2. The fourth-order valence-electron chi connectivity index (χ4n) is 7.22. The van der Waals surface area contributed by atoms with Crippen molar-refractivity contribution in [2.45, 2.75) is 130 Å². The van der Waals surface area contributed by atoms with Gasteiger partial charge in [0.2, 0.25) is 0 Å². The van der Waals surface area contributed by atoms with Crippen LogP contribution in [0.4, 0.5) is 0 Å². The van der Waals surface area contributed by atoms with Crippen molar-refractivity contribution in [1.29, 1.82) is 0 Å². The summed E-state index contributed by atoms with van der Waals surface area (Å²) >= 11 is 0. The van der Waals surface area contributed by atoms with Crippen LogP contribution in [-0.2, 0) is 0 Å². The summed E-state index contributed by atoms with van der Waals surface area (Å²) in [5.41, 5.74) is 7.20. The van der Waals surface area contributed by atoms with Crippen molar-refractivity contribution in [1.82, 2.24) is 0 Å². The molecule has 0 aliphatic carbocycles. The molecule has 0 fully saturated rings. The number of benzene rings is 4. The monoisotopic (exact) mass is 675 g/mol. The molecule has 0 aliphatic heterocycles. The van der Waals surface area contributed by atoms with E-state index in [0.29, 0.717) is 11.8 Å². The van der Waals surface area contributed by atoms with Gasteiger partial charge in [-0.15, -0.1) is 0 Å². The van der Waals surface area contributed by atoms with E-state index in [1.165, 1.54) is 136 Å². The maximum absolute atomic E-state index is 6.90. The normalized spacial score (nSPS) is 12.5. The molecule has 2 unspecified atom stereocenters. The predicted molar refractivity (Wildman–Crippen MR) is 217 cm³/mol. The number of unbranched alkanes of at least 4 members (excludes halogenated alkanes) is 8. The van der Waals surface area contributed by atoms with E-state index in [1.807, 2.05) is 0 Å². The van der Waals surface area contributed by atoms with E-state index in [1.54, 1.807) is 0 Å². The zero-order valence-corrected chi connectivity index (χ0v) is 31.9. The average molecular weight is 675 g/mol. The maximum Gasteiger partial charge on any atom is 0.127 e. The summed E-state index contributed by atoms with van der Waals surface area (Å²) in [4.78, 5) is 0. The van der Waals surface area contributed by atoms with Crippen LogP contribution in [-0.4, -0.2) is 13.2 Å². The van der Waals surface area contributed by atoms with Gasteiger partial charge in [0.15, 0.2) is 0 Å². The zero-order chi connectivity index (χ0) is 35.2. The van der Waals surface area contributed by atoms with Crippen LogP contribution in [0, 0.1) is 11.8 Å². The fraction of sp³-hybridized carbons (Fsp3) is 0.500. The van der Waals surface area contributed by atoms with E-state index in [2.05, 4.69) is 125 Å². The third kappa shape index (κ3) is 12.7. The van der Waals surface area contributed by atoms with Crippen LogP contribution in [0.1, 0.15) is 130 Å². The second-order valence-corrected chi connectivity index (χ2v) is 14.5. The second-order valence-electron chi connectivity index (χ2n) is 14.5. The Labute approximate surface area is 306 Å². The van der Waals surface area contributed by atoms with Gasteiger partial charge in [0.25, 0.3) is 0 Å². The smallest absolute Gasteiger partial charge is 0.127 e. The van der Waals surface area contributed by atoms with Crippen molar-refractivity contribution < 1.29 is 9.47 Å². The molecule has 4 rings (SSSR count). The molecule has 50 heavy (non-hydrogen) atoms. The summed E-state index contributed by atoms with van der Waals surface area (Å²) in [6.07, 6.45) is 20.5. The number of hydrogen-bond acceptors (Lipinski definition) is 2. The summed E-state index contributed by atoms with van der Waals surface area (Å²) in [6.45, 7) is 10.7. The molecule has 2 atom stereocenters. The summed E-state index contributed by atoms with van der Waals surface area (Å²) in [5, 5.41) is 0. The molecule has 0 saturated heterocycles. The lowest BCUT2D eigenvalue weighted by molar-refractivity contribution is 0.225. The Bertz CT molecular complexity index is 1440. The molecule has 0 radical (unpaired) electrons. The SMILES string of the molecule is CCCCCCC(CCCC)COc1ccc(-c2c(-c3ccccc3)ccc(OCC(CCCC)CCCCCC)c2-c2ccccc2)cc1. The first-order chi connectivity index (χ1) is 24.7. The summed E-state index contributed by atoms with van der Waals surface area (Å²) in [6, 6.07) is 35.0. The van der Waals surface area contributed by atoms with Crippen molar-refractivity contribution in [3.63, 3.8) is 0 Å². The molecule has 0 amide bonds. The number of rotatable bonds is 25. The molecule has 4 aromatic carbocycles. The number of hydrogen-bond donors (Lipinski definition) is 0. The van der Waals surface area contributed by atoms with Crippen molar-refractivity contribution in [3.05, 3.63) is 97.1 Å². The molecule has 0 bridgehead atoms. The van der Waals surface area contributed by atoms with E-state index in [9.17, 15) is 0 Å². The second kappa shape index (κ2) is 23.0. The van der Waals surface area contributed by atoms with E-state index < -0.39 is 0 Å². The first kappa shape index (κ1) is 39.3. The third-order valence-corrected chi connectivity index (χ3v) is 10.3. The Morgan fingerprint density at radius 1 is 0.400 bits per heavy atom. The van der Waals surface area contributed by atoms with Crippen molar-refractivity contribution in [2.24, 2.45) is 11.8 Å². The standard InChI is InChI=1S/C48H66O2/c1-5-9-13-17-25-39(23-11-7-3)37-49-44-33-31-43(32-34-44)47-45(41-27-19-15-20-28-41)35-36-46(48(47)42-29-21-16-22-30-42)50-38-40(24-12-8-4)26-18-14-10-6-2/h15-16,19-22,27-36,39-40H,5-14,17-18,23-26,37-38H2,1-4H3. The Morgan fingerprint density at radius 2 is 0.880 bits per heavy atom. The van der Waals surface area contributed by atoms with Gasteiger partial charge in [0.05, 0.1) is 13.2 Å². The Hall–Kier alpha value is -3.52. The highest BCUT2D eigenvalue weighted by Gasteiger charge is 2.21. The summed E-state index contributed by atoms with van der Waals surface area (Å²) < 4.78 is 13.4. The quantitative estimate of drug-likeness (QED) is 0.0651. The van der Waals surface area contributed by atoms with Gasteiger partial charge in [-0.05, 0) is 78.0 Å². The van der Waals surface area contributed by atoms with Crippen molar-refractivity contribution >= 4 is 0 Å². The highest BCUT2D eigenvalue weighted by molar-refractivity contribution is 5.97. The lowest BCUT2D eigenvalue weighted by Crippen LogP contribution is -2.13. The Kier molecular flexibility index (Phi) is 18.1. The van der Waals surface area contributed by atoms with E-state index >= 15 is 0 Å². The van der Waals surface area contributed by atoms with Crippen molar-refractivity contribution in [2.75, 3.05) is 13.2 Å². The van der Waals surface area contributed by atoms with Gasteiger partial charge in [0.1, 0.15) is 11.5 Å². The van der Waals surface area contributed by atoms with Gasteiger partial charge >= 0.3 is 0 Å². The first-order valence-electron chi connectivity index (χ1n) is 20.3. The zero-order valence-electron chi connectivity index (χ0n) is 31.9. The minimum atomic E-state index is 0.580. The molecule has 270 valence electrons.